The lowest BCUT2D eigenvalue weighted by Crippen LogP contribution is -2.28. The molecule has 2 aromatic carbocycles. The molecular weight excluding hydrogens is 449 g/mol. The highest BCUT2D eigenvalue weighted by Crippen LogP contribution is 2.25. The number of benzene rings is 2. The molecule has 0 radical (unpaired) electrons. The quantitative estimate of drug-likeness (QED) is 0.377. The van der Waals surface area contributed by atoms with Crippen molar-refractivity contribution in [2.24, 2.45) is 0 Å². The Morgan fingerprint density at radius 3 is 2.44 bits per heavy atom. The number of amides is 3. The summed E-state index contributed by atoms with van der Waals surface area (Å²) in [6.07, 6.45) is 3.28. The summed E-state index contributed by atoms with van der Waals surface area (Å²) in [5, 5.41) is 13.4. The van der Waals surface area contributed by atoms with Gasteiger partial charge in [0.2, 0.25) is 0 Å². The average molecular weight is 468 g/mol. The summed E-state index contributed by atoms with van der Waals surface area (Å²) in [5.74, 6) is -0.216. The molecule has 162 valence electrons. The summed E-state index contributed by atoms with van der Waals surface area (Å²) in [6, 6.07) is 17.8. The van der Waals surface area contributed by atoms with Gasteiger partial charge in [0.1, 0.15) is 0 Å². The molecule has 9 heteroatoms. The highest BCUT2D eigenvalue weighted by Gasteiger charge is 2.13. The molecule has 2 aromatic heterocycles. The molecule has 0 aliphatic rings. The average Bonchev–Trinajstić information content (AvgIpc) is 3.23. The highest BCUT2D eigenvalue weighted by molar-refractivity contribution is 6.42. The minimum atomic E-state index is -0.391. The zero-order valence-electron chi connectivity index (χ0n) is 16.8. The summed E-state index contributed by atoms with van der Waals surface area (Å²) >= 11 is 11.9. The maximum Gasteiger partial charge on any atom is 0.319 e. The molecule has 0 fully saturated rings. The van der Waals surface area contributed by atoms with Crippen LogP contribution in [0.3, 0.4) is 0 Å². The van der Waals surface area contributed by atoms with Crippen LogP contribution in [0.4, 0.5) is 10.5 Å². The summed E-state index contributed by atoms with van der Waals surface area (Å²) < 4.78 is 1.62. The third kappa shape index (κ3) is 5.19. The minimum absolute atomic E-state index is 0.216. The lowest BCUT2D eigenvalue weighted by atomic mass is 10.2. The summed E-state index contributed by atoms with van der Waals surface area (Å²) in [5.41, 5.74) is 3.47. The van der Waals surface area contributed by atoms with Gasteiger partial charge in [-0.2, -0.15) is 5.10 Å². The van der Waals surface area contributed by atoms with Crippen LogP contribution < -0.4 is 16.0 Å². The number of hydrogen-bond acceptors (Lipinski definition) is 3. The van der Waals surface area contributed by atoms with E-state index in [2.05, 4.69) is 21.0 Å². The fraction of sp³-hybridized carbons (Fsp3) is 0.0870. The molecule has 0 saturated heterocycles. The van der Waals surface area contributed by atoms with Crippen molar-refractivity contribution in [3.05, 3.63) is 99.8 Å². The van der Waals surface area contributed by atoms with Gasteiger partial charge in [-0.1, -0.05) is 53.5 Å². The second-order valence-corrected chi connectivity index (χ2v) is 7.84. The molecule has 4 rings (SSSR count). The predicted octanol–water partition coefficient (Wildman–Crippen LogP) is 4.89. The SMILES string of the molecule is O=C(NCc1ccn2ncc(C(=O)NCc3ccccc3)c2c1)Nc1ccc(Cl)c(Cl)c1. The highest BCUT2D eigenvalue weighted by atomic mass is 35.5. The van der Waals surface area contributed by atoms with E-state index in [0.29, 0.717) is 33.4 Å². The maximum absolute atomic E-state index is 12.7. The topological polar surface area (TPSA) is 87.5 Å². The molecule has 4 aromatic rings. The minimum Gasteiger partial charge on any atom is -0.348 e. The largest absolute Gasteiger partial charge is 0.348 e. The van der Waals surface area contributed by atoms with E-state index in [9.17, 15) is 9.59 Å². The summed E-state index contributed by atoms with van der Waals surface area (Å²) in [6.45, 7) is 0.688. The number of carbonyl (C=O) groups is 2. The fourth-order valence-corrected chi connectivity index (χ4v) is 3.41. The smallest absolute Gasteiger partial charge is 0.319 e. The lowest BCUT2D eigenvalue weighted by molar-refractivity contribution is 0.0952. The molecule has 3 amide bonds. The van der Waals surface area contributed by atoms with Gasteiger partial charge in [-0.15, -0.1) is 0 Å². The van der Waals surface area contributed by atoms with Crippen molar-refractivity contribution < 1.29 is 9.59 Å². The van der Waals surface area contributed by atoms with Gasteiger partial charge < -0.3 is 16.0 Å². The summed E-state index contributed by atoms with van der Waals surface area (Å²) in [7, 11) is 0. The number of halogens is 2. The Labute approximate surface area is 194 Å². The van der Waals surface area contributed by atoms with Gasteiger partial charge in [0.25, 0.3) is 5.91 Å². The molecule has 3 N–H and O–H groups in total. The van der Waals surface area contributed by atoms with Crippen LogP contribution in [0.1, 0.15) is 21.5 Å². The number of carbonyl (C=O) groups excluding carboxylic acids is 2. The van der Waals surface area contributed by atoms with Gasteiger partial charge in [-0.3, -0.25) is 4.79 Å². The second kappa shape index (κ2) is 9.72. The first kappa shape index (κ1) is 21.7. The molecule has 0 aliphatic carbocycles. The van der Waals surface area contributed by atoms with Crippen molar-refractivity contribution in [3.8, 4) is 0 Å². The first-order valence-electron chi connectivity index (χ1n) is 9.78. The Kier molecular flexibility index (Phi) is 6.58. The Balaban J connectivity index is 1.40. The number of pyridine rings is 1. The van der Waals surface area contributed by atoms with Crippen molar-refractivity contribution in [1.82, 2.24) is 20.2 Å². The van der Waals surface area contributed by atoms with Crippen molar-refractivity contribution in [3.63, 3.8) is 0 Å². The normalized spacial score (nSPS) is 10.7. The molecule has 0 unspecified atom stereocenters. The van der Waals surface area contributed by atoms with E-state index in [0.717, 1.165) is 11.1 Å². The number of anilines is 1. The Morgan fingerprint density at radius 2 is 1.66 bits per heavy atom. The molecule has 0 bridgehead atoms. The zero-order valence-corrected chi connectivity index (χ0v) is 18.3. The molecule has 0 spiro atoms. The Hall–Kier alpha value is -3.55. The molecule has 32 heavy (non-hydrogen) atoms. The van der Waals surface area contributed by atoms with Crippen LogP contribution in [0.2, 0.25) is 10.0 Å². The van der Waals surface area contributed by atoms with Crippen molar-refractivity contribution in [1.29, 1.82) is 0 Å². The number of nitrogens with one attached hydrogen (secondary N) is 3. The number of rotatable bonds is 6. The Morgan fingerprint density at radius 1 is 0.875 bits per heavy atom. The van der Waals surface area contributed by atoms with Crippen molar-refractivity contribution in [2.45, 2.75) is 13.1 Å². The van der Waals surface area contributed by atoms with Crippen LogP contribution in [-0.2, 0) is 13.1 Å². The fourth-order valence-electron chi connectivity index (χ4n) is 3.11. The van der Waals surface area contributed by atoms with E-state index in [1.807, 2.05) is 42.5 Å². The van der Waals surface area contributed by atoms with Gasteiger partial charge in [0.05, 0.1) is 27.3 Å². The number of nitrogens with zero attached hydrogens (tertiary/aromatic N) is 2. The van der Waals surface area contributed by atoms with E-state index in [4.69, 9.17) is 23.2 Å². The lowest BCUT2D eigenvalue weighted by Gasteiger charge is -2.09. The van der Waals surface area contributed by atoms with E-state index in [-0.39, 0.29) is 12.5 Å². The first-order valence-corrected chi connectivity index (χ1v) is 10.5. The van der Waals surface area contributed by atoms with E-state index in [1.165, 1.54) is 6.20 Å². The van der Waals surface area contributed by atoms with Gasteiger partial charge in [0, 0.05) is 25.0 Å². The molecular formula is C23H19Cl2N5O2. The number of hydrogen-bond donors (Lipinski definition) is 3. The Bertz CT molecular complexity index is 1270. The summed E-state index contributed by atoms with van der Waals surface area (Å²) in [4.78, 5) is 24.9. The van der Waals surface area contributed by atoms with E-state index >= 15 is 0 Å². The number of fused-ring (bicyclic) bond motifs is 1. The number of aromatic nitrogens is 2. The van der Waals surface area contributed by atoms with Crippen molar-refractivity contribution in [2.75, 3.05) is 5.32 Å². The van der Waals surface area contributed by atoms with Crippen LogP contribution in [-0.4, -0.2) is 21.6 Å². The standard InChI is InChI=1S/C23H19Cl2N5O2/c24-19-7-6-17(11-20(19)25)29-23(32)27-13-16-8-9-30-21(10-16)18(14-28-30)22(31)26-12-15-4-2-1-3-5-15/h1-11,14H,12-13H2,(H,26,31)(H2,27,29,32). The third-order valence-corrected chi connectivity index (χ3v) is 5.50. The molecule has 0 atom stereocenters. The van der Waals surface area contributed by atoms with Gasteiger partial charge in [-0.25, -0.2) is 9.31 Å². The van der Waals surface area contributed by atoms with E-state index in [1.54, 1.807) is 28.9 Å². The monoisotopic (exact) mass is 467 g/mol. The third-order valence-electron chi connectivity index (χ3n) is 4.76. The van der Waals surface area contributed by atoms with Crippen LogP contribution in [0.25, 0.3) is 5.52 Å². The molecule has 7 nitrogen and oxygen atoms in total. The predicted molar refractivity (Wildman–Crippen MR) is 125 cm³/mol. The van der Waals surface area contributed by atoms with Gasteiger partial charge in [-0.05, 0) is 41.5 Å². The van der Waals surface area contributed by atoms with Crippen LogP contribution in [0, 0.1) is 0 Å². The van der Waals surface area contributed by atoms with E-state index < -0.39 is 6.03 Å². The van der Waals surface area contributed by atoms with Crippen LogP contribution in [0.15, 0.2) is 73.1 Å². The van der Waals surface area contributed by atoms with Crippen LogP contribution in [0.5, 0.6) is 0 Å². The zero-order chi connectivity index (χ0) is 22.5. The molecule has 2 heterocycles. The van der Waals surface area contributed by atoms with Gasteiger partial charge in [0.15, 0.2) is 0 Å². The maximum atomic E-state index is 12.7. The van der Waals surface area contributed by atoms with Gasteiger partial charge >= 0.3 is 6.03 Å². The van der Waals surface area contributed by atoms with Crippen LogP contribution >= 0.6 is 23.2 Å². The molecule has 0 aliphatic heterocycles. The molecule has 0 saturated carbocycles. The number of urea groups is 1. The first-order chi connectivity index (χ1) is 15.5. The van der Waals surface area contributed by atoms with Crippen molar-refractivity contribution >= 4 is 46.3 Å². The second-order valence-electron chi connectivity index (χ2n) is 7.03.